The van der Waals surface area contributed by atoms with Gasteiger partial charge in [-0.15, -0.1) is 18.1 Å². The van der Waals surface area contributed by atoms with Crippen LogP contribution in [-0.2, 0) is 11.8 Å². The lowest BCUT2D eigenvalue weighted by Gasteiger charge is -2.31. The molecule has 0 fully saturated rings. The lowest BCUT2D eigenvalue weighted by atomic mass is 10.3. The normalized spacial score (nSPS) is 13.0. The minimum Gasteiger partial charge on any atom is -0.821 e. The summed E-state index contributed by atoms with van der Waals surface area (Å²) in [5.74, 6) is 0.939. The third-order valence-electron chi connectivity index (χ3n) is 1.29. The lowest BCUT2D eigenvalue weighted by Crippen LogP contribution is -2.14. The second-order valence-corrected chi connectivity index (χ2v) is 8.32. The third-order valence-corrected chi connectivity index (χ3v) is 4.75. The Labute approximate surface area is 75.3 Å². The molecule has 0 amide bonds. The van der Waals surface area contributed by atoms with Crippen molar-refractivity contribution in [1.29, 1.82) is 0 Å². The van der Waals surface area contributed by atoms with Gasteiger partial charge >= 0.3 is 0 Å². The van der Waals surface area contributed by atoms with E-state index in [4.69, 9.17) is 11.8 Å². The van der Waals surface area contributed by atoms with Crippen LogP contribution in [0.15, 0.2) is 0 Å². The number of hydrogen-bond donors (Lipinski definition) is 0. The zero-order valence-electron chi connectivity index (χ0n) is 7.83. The standard InChI is InChI=1S/C8H19OPS/c1-7(2)5-10(9,11)6-8(3)4/h7-8H,5-6H2,1-4H3,(H,9,11)/p-1. The SMILES string of the molecule is CC(C)CP([O-])(=S)CC(C)C. The molecule has 68 valence electrons. The highest BCUT2D eigenvalue weighted by Gasteiger charge is 2.07. The predicted octanol–water partition coefficient (Wildman–Crippen LogP) is 2.05. The Morgan fingerprint density at radius 3 is 1.55 bits per heavy atom. The summed E-state index contributed by atoms with van der Waals surface area (Å²) >= 11 is 5.05. The minimum absolute atomic E-state index is 0.470. The van der Waals surface area contributed by atoms with Crippen LogP contribution in [0.3, 0.4) is 0 Å². The van der Waals surface area contributed by atoms with Crippen molar-refractivity contribution in [3.05, 3.63) is 0 Å². The Morgan fingerprint density at radius 1 is 1.09 bits per heavy atom. The first-order valence-electron chi connectivity index (χ1n) is 4.12. The van der Waals surface area contributed by atoms with Gasteiger partial charge < -0.3 is 4.89 Å². The zero-order chi connectivity index (χ0) is 9.07. The molecule has 0 bridgehead atoms. The van der Waals surface area contributed by atoms with E-state index >= 15 is 0 Å². The van der Waals surface area contributed by atoms with E-state index in [1.54, 1.807) is 0 Å². The van der Waals surface area contributed by atoms with E-state index in [1.165, 1.54) is 0 Å². The fourth-order valence-corrected chi connectivity index (χ4v) is 5.35. The highest BCUT2D eigenvalue weighted by atomic mass is 32.4. The quantitative estimate of drug-likeness (QED) is 0.638. The van der Waals surface area contributed by atoms with Gasteiger partial charge in [-0.25, -0.2) is 0 Å². The van der Waals surface area contributed by atoms with Crippen LogP contribution in [0, 0.1) is 11.8 Å². The molecule has 0 heterocycles. The smallest absolute Gasteiger partial charge is 0.0342 e. The van der Waals surface area contributed by atoms with Gasteiger partial charge in [0.15, 0.2) is 0 Å². The molecule has 0 radical (unpaired) electrons. The summed E-state index contributed by atoms with van der Waals surface area (Å²) < 4.78 is 0. The van der Waals surface area contributed by atoms with Gasteiger partial charge in [-0.05, 0) is 24.2 Å². The molecule has 0 aromatic heterocycles. The molecule has 0 spiro atoms. The molecule has 0 saturated carbocycles. The molecular formula is C8H18OPS-. The highest BCUT2D eigenvalue weighted by molar-refractivity contribution is 8.11. The van der Waals surface area contributed by atoms with Crippen molar-refractivity contribution in [2.75, 3.05) is 12.3 Å². The van der Waals surface area contributed by atoms with Crippen molar-refractivity contribution < 1.29 is 4.89 Å². The zero-order valence-corrected chi connectivity index (χ0v) is 9.54. The van der Waals surface area contributed by atoms with E-state index < -0.39 is 6.26 Å². The Bertz CT molecular complexity index is 140. The van der Waals surface area contributed by atoms with Crippen molar-refractivity contribution in [3.63, 3.8) is 0 Å². The van der Waals surface area contributed by atoms with Crippen LogP contribution in [-0.4, -0.2) is 12.3 Å². The Balaban J connectivity index is 3.91. The van der Waals surface area contributed by atoms with Crippen molar-refractivity contribution in [1.82, 2.24) is 0 Å². The third kappa shape index (κ3) is 6.99. The molecule has 0 saturated heterocycles. The summed E-state index contributed by atoms with van der Waals surface area (Å²) in [5.41, 5.74) is 0. The van der Waals surface area contributed by atoms with Gasteiger partial charge in [0, 0.05) is 0 Å². The first-order valence-corrected chi connectivity index (χ1v) is 7.21. The maximum atomic E-state index is 11.6. The molecule has 0 unspecified atom stereocenters. The molecule has 0 atom stereocenters. The van der Waals surface area contributed by atoms with Crippen LogP contribution in [0.5, 0.6) is 0 Å². The van der Waals surface area contributed by atoms with Crippen LogP contribution in [0.25, 0.3) is 0 Å². The van der Waals surface area contributed by atoms with Gasteiger partial charge in [0.1, 0.15) is 0 Å². The van der Waals surface area contributed by atoms with Crippen LogP contribution in [0.2, 0.25) is 0 Å². The van der Waals surface area contributed by atoms with Crippen LogP contribution >= 0.6 is 6.26 Å². The minimum atomic E-state index is -2.22. The molecule has 1 nitrogen and oxygen atoms in total. The van der Waals surface area contributed by atoms with Gasteiger partial charge in [0.2, 0.25) is 0 Å². The largest absolute Gasteiger partial charge is 0.821 e. The molecular weight excluding hydrogens is 175 g/mol. The molecule has 0 aliphatic carbocycles. The summed E-state index contributed by atoms with van der Waals surface area (Å²) in [5, 5.41) is 0. The van der Waals surface area contributed by atoms with Gasteiger partial charge in [-0.1, -0.05) is 27.7 Å². The van der Waals surface area contributed by atoms with Crippen LogP contribution in [0.4, 0.5) is 0 Å². The van der Waals surface area contributed by atoms with Crippen molar-refractivity contribution in [2.45, 2.75) is 27.7 Å². The van der Waals surface area contributed by atoms with E-state index in [0.717, 1.165) is 12.3 Å². The summed E-state index contributed by atoms with van der Waals surface area (Å²) in [7, 11) is 0. The first-order chi connectivity index (χ1) is 4.83. The van der Waals surface area contributed by atoms with E-state index in [0.29, 0.717) is 11.8 Å². The van der Waals surface area contributed by atoms with Crippen LogP contribution < -0.4 is 4.89 Å². The average molecular weight is 193 g/mol. The Kier molecular flexibility index (Phi) is 4.85. The molecule has 0 aliphatic heterocycles. The molecule has 3 heteroatoms. The maximum Gasteiger partial charge on any atom is -0.0342 e. The molecule has 0 aliphatic rings. The van der Waals surface area contributed by atoms with Crippen molar-refractivity contribution in [3.8, 4) is 0 Å². The van der Waals surface area contributed by atoms with E-state index in [9.17, 15) is 4.89 Å². The van der Waals surface area contributed by atoms with Gasteiger partial charge in [0.05, 0.1) is 0 Å². The second kappa shape index (κ2) is 4.59. The summed E-state index contributed by atoms with van der Waals surface area (Å²) in [6, 6.07) is 0. The summed E-state index contributed by atoms with van der Waals surface area (Å²) in [6.07, 6.45) is -0.776. The van der Waals surface area contributed by atoms with E-state index in [2.05, 4.69) is 27.7 Å². The fraction of sp³-hybridized carbons (Fsp3) is 1.00. The van der Waals surface area contributed by atoms with Gasteiger partial charge in [0.25, 0.3) is 0 Å². The van der Waals surface area contributed by atoms with Gasteiger partial charge in [-0.3, -0.25) is 0 Å². The average Bonchev–Trinajstić information content (AvgIpc) is 1.53. The maximum absolute atomic E-state index is 11.6. The molecule has 0 rings (SSSR count). The Morgan fingerprint density at radius 2 is 1.36 bits per heavy atom. The highest BCUT2D eigenvalue weighted by Crippen LogP contribution is 2.39. The summed E-state index contributed by atoms with van der Waals surface area (Å²) in [4.78, 5) is 11.6. The van der Waals surface area contributed by atoms with Crippen molar-refractivity contribution >= 4 is 18.1 Å². The van der Waals surface area contributed by atoms with Gasteiger partial charge in [-0.2, -0.15) is 0 Å². The topological polar surface area (TPSA) is 23.1 Å². The fourth-order valence-electron chi connectivity index (χ4n) is 1.19. The molecule has 0 N–H and O–H groups in total. The number of rotatable bonds is 4. The van der Waals surface area contributed by atoms with E-state index in [-0.39, 0.29) is 0 Å². The van der Waals surface area contributed by atoms with E-state index in [1.807, 2.05) is 0 Å². The Hall–Kier alpha value is 0.610. The second-order valence-electron chi connectivity index (χ2n) is 3.97. The lowest BCUT2D eigenvalue weighted by molar-refractivity contribution is -0.162. The number of hydrogen-bond acceptors (Lipinski definition) is 2. The molecule has 0 aromatic rings. The first kappa shape index (κ1) is 11.6. The molecule has 11 heavy (non-hydrogen) atoms. The summed E-state index contributed by atoms with van der Waals surface area (Å²) in [6.45, 7) is 8.27. The monoisotopic (exact) mass is 193 g/mol. The van der Waals surface area contributed by atoms with Crippen LogP contribution in [0.1, 0.15) is 27.7 Å². The van der Waals surface area contributed by atoms with Crippen molar-refractivity contribution in [2.24, 2.45) is 11.8 Å². The molecule has 0 aromatic carbocycles. The predicted molar refractivity (Wildman–Crippen MR) is 53.7 cm³/mol.